The van der Waals surface area contributed by atoms with Gasteiger partial charge in [-0.2, -0.15) is 0 Å². The van der Waals surface area contributed by atoms with Gasteiger partial charge in [0.05, 0.1) is 10.7 Å². The van der Waals surface area contributed by atoms with E-state index in [0.29, 0.717) is 16.3 Å². The van der Waals surface area contributed by atoms with E-state index >= 15 is 0 Å². The molecule has 0 amide bonds. The van der Waals surface area contributed by atoms with E-state index in [1.54, 1.807) is 12.1 Å². The summed E-state index contributed by atoms with van der Waals surface area (Å²) in [6.45, 7) is 1.87. The fourth-order valence-electron chi connectivity index (χ4n) is 3.14. The molecule has 0 aromatic heterocycles. The normalized spacial score (nSPS) is 21.3. The van der Waals surface area contributed by atoms with Gasteiger partial charge in [-0.05, 0) is 37.5 Å². The molecule has 110 valence electrons. The summed E-state index contributed by atoms with van der Waals surface area (Å²) >= 11 is 0. The zero-order valence-electron chi connectivity index (χ0n) is 12.0. The lowest BCUT2D eigenvalue weighted by Gasteiger charge is -2.20. The second kappa shape index (κ2) is 5.39. The Morgan fingerprint density at radius 3 is 2.33 bits per heavy atom. The first-order valence-electron chi connectivity index (χ1n) is 7.39. The molecule has 3 rings (SSSR count). The van der Waals surface area contributed by atoms with Gasteiger partial charge in [-0.25, -0.2) is 14.8 Å². The summed E-state index contributed by atoms with van der Waals surface area (Å²) in [5, 5.41) is 10.1. The molecule has 1 aromatic carbocycles. The Morgan fingerprint density at radius 2 is 1.71 bits per heavy atom. The van der Waals surface area contributed by atoms with E-state index in [4.69, 9.17) is 5.11 Å². The highest BCUT2D eigenvalue weighted by atomic mass is 16.4. The highest BCUT2D eigenvalue weighted by Gasteiger charge is 2.25. The number of aryl methyl sites for hydroxylation is 1. The van der Waals surface area contributed by atoms with Crippen molar-refractivity contribution in [3.05, 3.63) is 34.0 Å². The lowest BCUT2D eigenvalue weighted by molar-refractivity contribution is -0.138. The Morgan fingerprint density at radius 1 is 1.10 bits per heavy atom. The topological polar surface area (TPSA) is 79.1 Å². The van der Waals surface area contributed by atoms with Gasteiger partial charge >= 0.3 is 5.97 Å². The molecular formula is C16H18N2O3. The number of carbonyl (C=O) groups excluding carboxylic acids is 1. The molecule has 0 spiro atoms. The Labute approximate surface area is 122 Å². The number of nitrogens with zero attached hydrogens (tertiary/aromatic N) is 2. The van der Waals surface area contributed by atoms with Crippen molar-refractivity contribution in [2.45, 2.75) is 45.2 Å². The lowest BCUT2D eigenvalue weighted by atomic mass is 9.83. The Hall–Kier alpha value is -2.04. The standard InChI is InChI=1S/C16H18N2O3/c1-9-7-12-13(18-15(17-12)16(20)21)8-11(9)14(19)10-5-3-2-4-6-10/h7-8,10,15H,2-6H2,1H3,(H,20,21). The van der Waals surface area contributed by atoms with E-state index in [2.05, 4.69) is 9.98 Å². The van der Waals surface area contributed by atoms with Crippen LogP contribution in [0.25, 0.3) is 0 Å². The Balaban J connectivity index is 1.97. The van der Waals surface area contributed by atoms with Crippen molar-refractivity contribution in [1.29, 1.82) is 0 Å². The monoisotopic (exact) mass is 286 g/mol. The van der Waals surface area contributed by atoms with Crippen LogP contribution in [0.4, 0.5) is 0 Å². The van der Waals surface area contributed by atoms with Crippen LogP contribution in [0.5, 0.6) is 0 Å². The first kappa shape index (κ1) is 13.9. The molecule has 1 heterocycles. The molecule has 1 aliphatic carbocycles. The molecule has 5 nitrogen and oxygen atoms in total. The molecule has 1 aliphatic heterocycles. The number of ketones is 1. The molecule has 1 unspecified atom stereocenters. The Bertz CT molecular complexity index is 718. The van der Waals surface area contributed by atoms with Crippen molar-refractivity contribution < 1.29 is 14.7 Å². The van der Waals surface area contributed by atoms with Crippen LogP contribution >= 0.6 is 0 Å². The first-order valence-corrected chi connectivity index (χ1v) is 7.39. The molecule has 1 fully saturated rings. The molecule has 1 aromatic rings. The zero-order valence-corrected chi connectivity index (χ0v) is 12.0. The SMILES string of the molecule is Cc1cc2c(cc1C(=O)C1CCCCC1)=NC(C(=O)O)N=2. The van der Waals surface area contributed by atoms with Crippen LogP contribution in [-0.4, -0.2) is 23.0 Å². The minimum Gasteiger partial charge on any atom is -0.478 e. The summed E-state index contributed by atoms with van der Waals surface area (Å²) in [7, 11) is 0. The van der Waals surface area contributed by atoms with Gasteiger partial charge in [0, 0.05) is 11.5 Å². The van der Waals surface area contributed by atoms with Gasteiger partial charge in [-0.1, -0.05) is 19.3 Å². The summed E-state index contributed by atoms with van der Waals surface area (Å²) in [6.07, 6.45) is 4.27. The molecule has 2 aliphatic rings. The van der Waals surface area contributed by atoms with Gasteiger partial charge in [-0.15, -0.1) is 0 Å². The summed E-state index contributed by atoms with van der Waals surface area (Å²) in [6, 6.07) is 3.49. The number of rotatable bonds is 3. The van der Waals surface area contributed by atoms with Gasteiger partial charge in [-0.3, -0.25) is 4.79 Å². The van der Waals surface area contributed by atoms with Crippen LogP contribution in [0.3, 0.4) is 0 Å². The number of carboxylic acids is 1. The number of fused-ring (bicyclic) bond motifs is 1. The lowest BCUT2D eigenvalue weighted by Crippen LogP contribution is -2.27. The minimum absolute atomic E-state index is 0.101. The molecule has 0 saturated heterocycles. The molecule has 0 bridgehead atoms. The second-order valence-corrected chi connectivity index (χ2v) is 5.83. The largest absolute Gasteiger partial charge is 0.478 e. The maximum absolute atomic E-state index is 12.6. The smallest absolute Gasteiger partial charge is 0.351 e. The van der Waals surface area contributed by atoms with E-state index in [0.717, 1.165) is 31.2 Å². The third-order valence-corrected chi connectivity index (χ3v) is 4.31. The predicted octanol–water partition coefficient (Wildman–Crippen LogP) is 1.42. The van der Waals surface area contributed by atoms with Gasteiger partial charge in [0.1, 0.15) is 0 Å². The van der Waals surface area contributed by atoms with E-state index in [1.165, 1.54) is 6.42 Å². The predicted molar refractivity (Wildman–Crippen MR) is 75.8 cm³/mol. The summed E-state index contributed by atoms with van der Waals surface area (Å²) in [4.78, 5) is 31.7. The van der Waals surface area contributed by atoms with E-state index in [9.17, 15) is 9.59 Å². The van der Waals surface area contributed by atoms with Gasteiger partial charge in [0.2, 0.25) is 6.17 Å². The quantitative estimate of drug-likeness (QED) is 0.853. The third kappa shape index (κ3) is 2.60. The number of hydrogen-bond acceptors (Lipinski definition) is 4. The van der Waals surface area contributed by atoms with Gasteiger partial charge in [0.15, 0.2) is 5.78 Å². The average Bonchev–Trinajstić information content (AvgIpc) is 2.89. The number of carbonyl (C=O) groups is 2. The minimum atomic E-state index is -1.07. The Kier molecular flexibility index (Phi) is 3.57. The highest BCUT2D eigenvalue weighted by molar-refractivity contribution is 5.99. The zero-order chi connectivity index (χ0) is 15.0. The van der Waals surface area contributed by atoms with Crippen molar-refractivity contribution in [3.63, 3.8) is 0 Å². The van der Waals surface area contributed by atoms with Crippen molar-refractivity contribution >= 4 is 11.8 Å². The first-order chi connectivity index (χ1) is 10.1. The highest BCUT2D eigenvalue weighted by Crippen LogP contribution is 2.27. The van der Waals surface area contributed by atoms with Crippen molar-refractivity contribution in [1.82, 2.24) is 0 Å². The van der Waals surface area contributed by atoms with Crippen molar-refractivity contribution in [2.24, 2.45) is 15.9 Å². The van der Waals surface area contributed by atoms with Crippen LogP contribution in [0.2, 0.25) is 0 Å². The number of Topliss-reactive ketones (excluding diaryl/α,β-unsaturated/α-hetero) is 1. The van der Waals surface area contributed by atoms with Crippen LogP contribution in [0.15, 0.2) is 22.1 Å². The summed E-state index contributed by atoms with van der Waals surface area (Å²) in [5.41, 5.74) is 1.53. The summed E-state index contributed by atoms with van der Waals surface area (Å²) < 4.78 is 0. The van der Waals surface area contributed by atoms with E-state index in [-0.39, 0.29) is 11.7 Å². The van der Waals surface area contributed by atoms with E-state index < -0.39 is 12.1 Å². The molecule has 1 saturated carbocycles. The summed E-state index contributed by atoms with van der Waals surface area (Å²) in [5.74, 6) is -0.794. The molecule has 1 atom stereocenters. The maximum atomic E-state index is 12.6. The number of benzene rings is 1. The van der Waals surface area contributed by atoms with Crippen LogP contribution in [-0.2, 0) is 4.79 Å². The molecule has 5 heteroatoms. The van der Waals surface area contributed by atoms with Crippen molar-refractivity contribution in [2.75, 3.05) is 0 Å². The average molecular weight is 286 g/mol. The molecule has 0 radical (unpaired) electrons. The number of carboxylic acid groups (broad SMARTS) is 1. The fraction of sp³-hybridized carbons (Fsp3) is 0.500. The van der Waals surface area contributed by atoms with Crippen LogP contribution in [0, 0.1) is 12.8 Å². The number of hydrogen-bond donors (Lipinski definition) is 1. The fourth-order valence-corrected chi connectivity index (χ4v) is 3.14. The molecule has 1 N–H and O–H groups in total. The molecular weight excluding hydrogens is 268 g/mol. The van der Waals surface area contributed by atoms with Gasteiger partial charge < -0.3 is 5.11 Å². The van der Waals surface area contributed by atoms with Crippen molar-refractivity contribution in [3.8, 4) is 0 Å². The third-order valence-electron chi connectivity index (χ3n) is 4.31. The van der Waals surface area contributed by atoms with Gasteiger partial charge in [0.25, 0.3) is 0 Å². The van der Waals surface area contributed by atoms with E-state index in [1.807, 2.05) is 6.92 Å². The second-order valence-electron chi connectivity index (χ2n) is 5.83. The van der Waals surface area contributed by atoms with Crippen LogP contribution < -0.4 is 10.7 Å². The number of aliphatic carboxylic acids is 1. The van der Waals surface area contributed by atoms with Crippen LogP contribution in [0.1, 0.15) is 48.0 Å². The molecule has 21 heavy (non-hydrogen) atoms. The maximum Gasteiger partial charge on any atom is 0.351 e.